The first kappa shape index (κ1) is 14.2. The van der Waals surface area contributed by atoms with E-state index in [1.54, 1.807) is 0 Å². The van der Waals surface area contributed by atoms with Gasteiger partial charge in [0.25, 0.3) is 0 Å². The van der Waals surface area contributed by atoms with Gasteiger partial charge in [0.1, 0.15) is 0 Å². The van der Waals surface area contributed by atoms with Gasteiger partial charge in [-0.25, -0.2) is 4.57 Å². The topological polar surface area (TPSA) is 3.88 Å². The lowest BCUT2D eigenvalue weighted by Gasteiger charge is -2.35. The first-order valence-electron chi connectivity index (χ1n) is 6.96. The van der Waals surface area contributed by atoms with Gasteiger partial charge in [0, 0.05) is 12.1 Å². The Morgan fingerprint density at radius 2 is 1.53 bits per heavy atom. The van der Waals surface area contributed by atoms with Gasteiger partial charge in [-0.15, -0.1) is 0 Å². The summed E-state index contributed by atoms with van der Waals surface area (Å²) >= 11 is 0. The number of rotatable bonds is 7. The Morgan fingerprint density at radius 3 is 2.00 bits per heavy atom. The highest BCUT2D eigenvalue weighted by Crippen LogP contribution is 2.07. The fraction of sp³-hybridized carbons (Fsp3) is 0.667. The normalized spacial score (nSPS) is 11.8. The number of hydrogen-bond acceptors (Lipinski definition) is 0. The molecule has 1 aromatic heterocycles. The number of aromatic nitrogens is 1. The van der Waals surface area contributed by atoms with Crippen LogP contribution in [0.15, 0.2) is 24.5 Å². The first-order chi connectivity index (χ1) is 8.15. The molecule has 0 aromatic carbocycles. The molecule has 0 saturated heterocycles. The number of aryl methyl sites for hydroxylation is 2. The van der Waals surface area contributed by atoms with E-state index in [1.807, 2.05) is 0 Å². The molecule has 17 heavy (non-hydrogen) atoms. The Kier molecular flexibility index (Phi) is 5.63. The highest BCUT2D eigenvalue weighted by molar-refractivity contribution is 5.03. The molecule has 0 N–H and O–H groups in total. The van der Waals surface area contributed by atoms with Gasteiger partial charge < -0.3 is 4.48 Å². The van der Waals surface area contributed by atoms with E-state index < -0.39 is 0 Å². The third-order valence-electron chi connectivity index (χ3n) is 4.12. The number of quaternary nitrogens is 1. The molecule has 0 radical (unpaired) electrons. The van der Waals surface area contributed by atoms with E-state index in [2.05, 4.69) is 56.8 Å². The lowest BCUT2D eigenvalue weighted by molar-refractivity contribution is -0.925. The first-order valence-corrected chi connectivity index (χ1v) is 6.96. The average Bonchev–Trinajstić information content (AvgIpc) is 2.38. The largest absolute Gasteiger partial charge is 0.324 e. The van der Waals surface area contributed by atoms with Gasteiger partial charge in [0.15, 0.2) is 18.9 Å². The quantitative estimate of drug-likeness (QED) is 0.506. The molecule has 0 aliphatic heterocycles. The van der Waals surface area contributed by atoms with Crippen molar-refractivity contribution in [2.24, 2.45) is 0 Å². The van der Waals surface area contributed by atoms with E-state index in [0.29, 0.717) is 0 Å². The van der Waals surface area contributed by atoms with Crippen molar-refractivity contribution < 1.29 is 9.05 Å². The lowest BCUT2D eigenvalue weighted by atomic mass is 10.2. The molecule has 0 aliphatic carbocycles. The van der Waals surface area contributed by atoms with Gasteiger partial charge in [0.2, 0.25) is 0 Å². The van der Waals surface area contributed by atoms with Crippen LogP contribution >= 0.6 is 0 Å². The molecule has 0 fully saturated rings. The van der Waals surface area contributed by atoms with Crippen molar-refractivity contribution in [3.8, 4) is 0 Å². The minimum Gasteiger partial charge on any atom is -0.324 e. The van der Waals surface area contributed by atoms with Crippen molar-refractivity contribution >= 4 is 0 Å². The van der Waals surface area contributed by atoms with Crippen LogP contribution in [0.1, 0.15) is 32.8 Å². The minimum atomic E-state index is 1.14. The second-order valence-corrected chi connectivity index (χ2v) is 4.98. The van der Waals surface area contributed by atoms with Crippen LogP contribution in [0.5, 0.6) is 0 Å². The molecule has 0 saturated carbocycles. The summed E-state index contributed by atoms with van der Waals surface area (Å²) < 4.78 is 3.55. The summed E-state index contributed by atoms with van der Waals surface area (Å²) in [6.45, 7) is 15.3. The molecule has 0 spiro atoms. The zero-order valence-electron chi connectivity index (χ0n) is 11.9. The van der Waals surface area contributed by atoms with Gasteiger partial charge in [-0.05, 0) is 33.3 Å². The molecule has 2 nitrogen and oxygen atoms in total. The standard InChI is InChI=1S/C15H28N2/c1-5-17(6-2,7-3)14-8-11-16-12-9-15(4)10-13-16/h9-10,12-13H,5-8,11,14H2,1-4H3/q+2. The smallest absolute Gasteiger partial charge is 0.169 e. The van der Waals surface area contributed by atoms with Crippen molar-refractivity contribution in [2.75, 3.05) is 26.2 Å². The SMILES string of the molecule is CC[N+](CC)(CC)CCC[n+]1ccc(C)cc1. The third kappa shape index (κ3) is 4.12. The molecule has 0 aliphatic rings. The fourth-order valence-corrected chi connectivity index (χ4v) is 2.41. The lowest BCUT2D eigenvalue weighted by Crippen LogP contribution is -2.49. The fourth-order valence-electron chi connectivity index (χ4n) is 2.41. The molecular weight excluding hydrogens is 208 g/mol. The molecule has 0 atom stereocenters. The Balaban J connectivity index is 2.43. The van der Waals surface area contributed by atoms with Crippen molar-refractivity contribution in [1.29, 1.82) is 0 Å². The van der Waals surface area contributed by atoms with Crippen LogP contribution in [0, 0.1) is 6.92 Å². The summed E-state index contributed by atoms with van der Waals surface area (Å²) in [5.41, 5.74) is 1.34. The maximum Gasteiger partial charge on any atom is 0.169 e. The summed E-state index contributed by atoms with van der Waals surface area (Å²) in [5.74, 6) is 0. The van der Waals surface area contributed by atoms with E-state index in [1.165, 1.54) is 42.6 Å². The zero-order valence-corrected chi connectivity index (χ0v) is 11.9. The average molecular weight is 236 g/mol. The van der Waals surface area contributed by atoms with Crippen molar-refractivity contribution in [3.63, 3.8) is 0 Å². The van der Waals surface area contributed by atoms with E-state index in [0.717, 1.165) is 6.54 Å². The van der Waals surface area contributed by atoms with Crippen molar-refractivity contribution in [3.05, 3.63) is 30.1 Å². The van der Waals surface area contributed by atoms with Gasteiger partial charge in [-0.3, -0.25) is 0 Å². The number of hydrogen-bond donors (Lipinski definition) is 0. The zero-order chi connectivity index (χ0) is 12.7. The molecule has 1 rings (SSSR count). The third-order valence-corrected chi connectivity index (χ3v) is 4.12. The van der Waals surface area contributed by atoms with E-state index in [4.69, 9.17) is 0 Å². The van der Waals surface area contributed by atoms with Crippen LogP contribution in [0.2, 0.25) is 0 Å². The summed E-state index contributed by atoms with van der Waals surface area (Å²) in [4.78, 5) is 0. The van der Waals surface area contributed by atoms with Crippen LogP contribution in [-0.2, 0) is 6.54 Å². The maximum atomic E-state index is 2.31. The molecule has 0 bridgehead atoms. The number of nitrogens with zero attached hydrogens (tertiary/aromatic N) is 2. The van der Waals surface area contributed by atoms with Crippen LogP contribution in [0.3, 0.4) is 0 Å². The predicted molar refractivity (Wildman–Crippen MR) is 72.7 cm³/mol. The van der Waals surface area contributed by atoms with Gasteiger partial charge >= 0.3 is 0 Å². The van der Waals surface area contributed by atoms with Crippen LogP contribution in [0.4, 0.5) is 0 Å². The molecule has 0 amide bonds. The highest BCUT2D eigenvalue weighted by Gasteiger charge is 2.20. The van der Waals surface area contributed by atoms with Gasteiger partial charge in [-0.2, -0.15) is 0 Å². The van der Waals surface area contributed by atoms with Crippen LogP contribution in [-0.4, -0.2) is 30.7 Å². The Morgan fingerprint density at radius 1 is 1.00 bits per heavy atom. The van der Waals surface area contributed by atoms with Gasteiger partial charge in [-0.1, -0.05) is 0 Å². The summed E-state index contributed by atoms with van der Waals surface area (Å²) in [7, 11) is 0. The van der Waals surface area contributed by atoms with Gasteiger partial charge in [0.05, 0.1) is 32.6 Å². The minimum absolute atomic E-state index is 1.14. The second kappa shape index (κ2) is 6.75. The van der Waals surface area contributed by atoms with E-state index in [9.17, 15) is 0 Å². The molecule has 0 unspecified atom stereocenters. The number of pyridine rings is 1. The molecule has 1 heterocycles. The second-order valence-electron chi connectivity index (χ2n) is 4.98. The van der Waals surface area contributed by atoms with Crippen molar-refractivity contribution in [1.82, 2.24) is 0 Å². The Labute approximate surface area is 106 Å². The van der Waals surface area contributed by atoms with E-state index in [-0.39, 0.29) is 0 Å². The molecule has 2 heteroatoms. The summed E-state index contributed by atoms with van der Waals surface area (Å²) in [6, 6.07) is 4.36. The van der Waals surface area contributed by atoms with Crippen LogP contribution in [0.25, 0.3) is 0 Å². The Hall–Kier alpha value is -0.890. The van der Waals surface area contributed by atoms with Crippen molar-refractivity contribution in [2.45, 2.75) is 40.7 Å². The van der Waals surface area contributed by atoms with E-state index >= 15 is 0 Å². The molecule has 1 aromatic rings. The molecular formula is C15H28N2+2. The maximum absolute atomic E-state index is 2.31. The van der Waals surface area contributed by atoms with Crippen LogP contribution < -0.4 is 4.57 Å². The molecule has 96 valence electrons. The highest BCUT2D eigenvalue weighted by atomic mass is 15.3. The Bertz CT molecular complexity index is 304. The monoisotopic (exact) mass is 236 g/mol. The summed E-state index contributed by atoms with van der Waals surface area (Å²) in [6.07, 6.45) is 5.64. The predicted octanol–water partition coefficient (Wildman–Crippen LogP) is 2.55. The summed E-state index contributed by atoms with van der Waals surface area (Å²) in [5, 5.41) is 0.